The van der Waals surface area contributed by atoms with Gasteiger partial charge in [-0.05, 0) is 6.42 Å². The lowest BCUT2D eigenvalue weighted by atomic mass is 10.2. The van der Waals surface area contributed by atoms with Gasteiger partial charge < -0.3 is 4.90 Å². The van der Waals surface area contributed by atoms with Crippen LogP contribution in [0.2, 0.25) is 0 Å². The molecule has 0 aliphatic carbocycles. The van der Waals surface area contributed by atoms with Crippen LogP contribution >= 0.6 is 23.2 Å². The van der Waals surface area contributed by atoms with Crippen LogP contribution in [0.1, 0.15) is 26.2 Å². The number of carbonyl (C=O) groups is 1. The molecule has 0 saturated carbocycles. The number of halogens is 2. The van der Waals surface area contributed by atoms with Gasteiger partial charge in [0.05, 0.1) is 0 Å². The molecule has 0 rings (SSSR count). The van der Waals surface area contributed by atoms with E-state index in [4.69, 9.17) is 23.2 Å². The highest BCUT2D eigenvalue weighted by molar-refractivity contribution is 6.18. The summed E-state index contributed by atoms with van der Waals surface area (Å²) in [5.74, 6) is 1.13. The average Bonchev–Trinajstić information content (AvgIpc) is 2.14. The van der Waals surface area contributed by atoms with Gasteiger partial charge >= 0.3 is 0 Å². The van der Waals surface area contributed by atoms with E-state index < -0.39 is 0 Å². The van der Waals surface area contributed by atoms with Crippen molar-refractivity contribution in [3.05, 3.63) is 0 Å². The summed E-state index contributed by atoms with van der Waals surface area (Å²) in [7, 11) is 0. The van der Waals surface area contributed by atoms with E-state index in [2.05, 4.69) is 6.92 Å². The minimum Gasteiger partial charge on any atom is -0.340 e. The first kappa shape index (κ1) is 13.1. The van der Waals surface area contributed by atoms with Gasteiger partial charge in [0.1, 0.15) is 0 Å². The van der Waals surface area contributed by atoms with Gasteiger partial charge in [0.15, 0.2) is 0 Å². The van der Waals surface area contributed by atoms with E-state index >= 15 is 0 Å². The van der Waals surface area contributed by atoms with E-state index in [-0.39, 0.29) is 5.91 Å². The summed E-state index contributed by atoms with van der Waals surface area (Å²) in [5.41, 5.74) is 0. The second-order valence-corrected chi connectivity index (χ2v) is 3.62. The Bertz CT molecular complexity index is 136. The Morgan fingerprint density at radius 1 is 1.23 bits per heavy atom. The molecule has 2 nitrogen and oxygen atoms in total. The van der Waals surface area contributed by atoms with Crippen LogP contribution in [-0.2, 0) is 4.79 Å². The van der Waals surface area contributed by atoms with Crippen molar-refractivity contribution in [2.24, 2.45) is 0 Å². The zero-order chi connectivity index (χ0) is 10.1. The topological polar surface area (TPSA) is 20.3 Å². The lowest BCUT2D eigenvalue weighted by Crippen LogP contribution is -2.34. The first-order valence-electron chi connectivity index (χ1n) is 4.66. The predicted molar refractivity (Wildman–Crippen MR) is 57.5 cm³/mol. The molecule has 78 valence electrons. The van der Waals surface area contributed by atoms with Crippen LogP contribution in [0, 0.1) is 0 Å². The Kier molecular flexibility index (Phi) is 8.67. The molecular formula is C9H17Cl2NO. The highest BCUT2D eigenvalue weighted by Gasteiger charge is 2.10. The summed E-state index contributed by atoms with van der Waals surface area (Å²) in [6.45, 7) is 3.29. The van der Waals surface area contributed by atoms with Crippen LogP contribution in [-0.4, -0.2) is 35.7 Å². The van der Waals surface area contributed by atoms with Gasteiger partial charge in [-0.2, -0.15) is 0 Å². The molecule has 0 heterocycles. The fraction of sp³-hybridized carbons (Fsp3) is 0.889. The molecule has 13 heavy (non-hydrogen) atoms. The molecule has 0 aromatic carbocycles. The lowest BCUT2D eigenvalue weighted by Gasteiger charge is -2.20. The number of unbranched alkanes of at least 4 members (excludes halogenated alkanes) is 1. The first-order chi connectivity index (χ1) is 6.26. The van der Waals surface area contributed by atoms with Gasteiger partial charge in [0.25, 0.3) is 0 Å². The fourth-order valence-corrected chi connectivity index (χ4v) is 1.46. The van der Waals surface area contributed by atoms with Crippen LogP contribution in [0.5, 0.6) is 0 Å². The second-order valence-electron chi connectivity index (χ2n) is 2.86. The molecule has 0 bridgehead atoms. The molecule has 0 atom stereocenters. The van der Waals surface area contributed by atoms with E-state index in [0.29, 0.717) is 31.3 Å². The number of rotatable bonds is 7. The van der Waals surface area contributed by atoms with Gasteiger partial charge in [0, 0.05) is 31.3 Å². The van der Waals surface area contributed by atoms with Crippen molar-refractivity contribution >= 4 is 29.1 Å². The first-order valence-corrected chi connectivity index (χ1v) is 5.72. The molecule has 0 aliphatic rings. The number of alkyl halides is 2. The third-order valence-corrected chi connectivity index (χ3v) is 2.14. The molecule has 0 aliphatic heterocycles. The molecule has 4 heteroatoms. The minimum absolute atomic E-state index is 0.170. The van der Waals surface area contributed by atoms with E-state index in [1.165, 1.54) is 0 Å². The fourth-order valence-electron chi connectivity index (χ4n) is 1.05. The SMILES string of the molecule is CCCCC(=O)N(CCCl)CCCl. The minimum atomic E-state index is 0.170. The Morgan fingerprint density at radius 2 is 1.77 bits per heavy atom. The zero-order valence-corrected chi connectivity index (χ0v) is 9.57. The highest BCUT2D eigenvalue weighted by atomic mass is 35.5. The number of carbonyl (C=O) groups excluding carboxylic acids is 1. The average molecular weight is 226 g/mol. The Labute approximate surface area is 90.2 Å². The van der Waals surface area contributed by atoms with Gasteiger partial charge in [-0.1, -0.05) is 13.3 Å². The summed E-state index contributed by atoms with van der Waals surface area (Å²) < 4.78 is 0. The molecular weight excluding hydrogens is 209 g/mol. The summed E-state index contributed by atoms with van der Waals surface area (Å²) in [4.78, 5) is 13.2. The van der Waals surface area contributed by atoms with Gasteiger partial charge in [0.2, 0.25) is 5.91 Å². The van der Waals surface area contributed by atoms with Gasteiger partial charge in [-0.15, -0.1) is 23.2 Å². The molecule has 0 aromatic rings. The van der Waals surface area contributed by atoms with Gasteiger partial charge in [-0.3, -0.25) is 4.79 Å². The molecule has 0 radical (unpaired) electrons. The van der Waals surface area contributed by atoms with E-state index in [1.54, 1.807) is 4.90 Å². The standard InChI is InChI=1S/C9H17Cl2NO/c1-2-3-4-9(13)12(7-5-10)8-6-11/h2-8H2,1H3. The van der Waals surface area contributed by atoms with Gasteiger partial charge in [-0.25, -0.2) is 0 Å². The van der Waals surface area contributed by atoms with Crippen molar-refractivity contribution in [3.8, 4) is 0 Å². The third-order valence-electron chi connectivity index (χ3n) is 1.81. The summed E-state index contributed by atoms with van der Waals surface area (Å²) in [6, 6.07) is 0. The molecule has 0 unspecified atom stereocenters. The molecule has 1 amide bonds. The summed E-state index contributed by atoms with van der Waals surface area (Å²) >= 11 is 11.1. The number of hydrogen-bond acceptors (Lipinski definition) is 1. The quantitative estimate of drug-likeness (QED) is 0.610. The normalized spacial score (nSPS) is 10.1. The maximum atomic E-state index is 11.5. The van der Waals surface area contributed by atoms with E-state index in [9.17, 15) is 4.79 Å². The number of nitrogens with zero attached hydrogens (tertiary/aromatic N) is 1. The lowest BCUT2D eigenvalue weighted by molar-refractivity contribution is -0.130. The van der Waals surface area contributed by atoms with Crippen LogP contribution in [0.15, 0.2) is 0 Å². The molecule has 0 aromatic heterocycles. The second kappa shape index (κ2) is 8.64. The maximum absolute atomic E-state index is 11.5. The number of amides is 1. The largest absolute Gasteiger partial charge is 0.340 e. The summed E-state index contributed by atoms with van der Waals surface area (Å²) in [6.07, 6.45) is 2.60. The van der Waals surface area contributed by atoms with Crippen molar-refractivity contribution < 1.29 is 4.79 Å². The van der Waals surface area contributed by atoms with Crippen LogP contribution in [0.25, 0.3) is 0 Å². The van der Waals surface area contributed by atoms with Crippen molar-refractivity contribution in [1.82, 2.24) is 4.90 Å². The van der Waals surface area contributed by atoms with Crippen molar-refractivity contribution in [3.63, 3.8) is 0 Å². The maximum Gasteiger partial charge on any atom is 0.222 e. The highest BCUT2D eigenvalue weighted by Crippen LogP contribution is 2.01. The van der Waals surface area contributed by atoms with E-state index in [0.717, 1.165) is 12.8 Å². The zero-order valence-electron chi connectivity index (χ0n) is 8.06. The monoisotopic (exact) mass is 225 g/mol. The number of hydrogen-bond donors (Lipinski definition) is 0. The Hall–Kier alpha value is 0.0500. The molecule has 0 N–H and O–H groups in total. The third kappa shape index (κ3) is 6.17. The molecule has 0 saturated heterocycles. The van der Waals surface area contributed by atoms with Crippen molar-refractivity contribution in [1.29, 1.82) is 0 Å². The van der Waals surface area contributed by atoms with Crippen molar-refractivity contribution in [2.75, 3.05) is 24.8 Å². The Morgan fingerprint density at radius 3 is 2.15 bits per heavy atom. The molecule has 0 spiro atoms. The van der Waals surface area contributed by atoms with Crippen molar-refractivity contribution in [2.45, 2.75) is 26.2 Å². The smallest absolute Gasteiger partial charge is 0.222 e. The molecule has 0 fully saturated rings. The Balaban J connectivity index is 3.80. The summed E-state index contributed by atoms with van der Waals surface area (Å²) in [5, 5.41) is 0. The van der Waals surface area contributed by atoms with Crippen LogP contribution in [0.4, 0.5) is 0 Å². The predicted octanol–water partition coefficient (Wildman–Crippen LogP) is 2.48. The van der Waals surface area contributed by atoms with Crippen LogP contribution < -0.4 is 0 Å². The van der Waals surface area contributed by atoms with Crippen LogP contribution in [0.3, 0.4) is 0 Å². The van der Waals surface area contributed by atoms with E-state index in [1.807, 2.05) is 0 Å².